The molecule has 2 aromatic heterocycles. The van der Waals surface area contributed by atoms with Crippen LogP contribution in [0.2, 0.25) is 0 Å². The Morgan fingerprint density at radius 1 is 1.15 bits per heavy atom. The minimum atomic E-state index is -0.274. The zero-order valence-corrected chi connectivity index (χ0v) is 20.0. The Morgan fingerprint density at radius 2 is 1.91 bits per heavy atom. The van der Waals surface area contributed by atoms with Crippen LogP contribution < -0.4 is 10.5 Å². The minimum absolute atomic E-state index is 0.140. The first-order valence-electron chi connectivity index (χ1n) is 10.8. The van der Waals surface area contributed by atoms with Gasteiger partial charge in [0.2, 0.25) is 11.8 Å². The van der Waals surface area contributed by atoms with Gasteiger partial charge in [-0.1, -0.05) is 34.1 Å². The molecule has 7 nitrogen and oxygen atoms in total. The summed E-state index contributed by atoms with van der Waals surface area (Å²) in [4.78, 5) is 15.0. The van der Waals surface area contributed by atoms with E-state index in [4.69, 9.17) is 4.42 Å². The molecular weight excluding hydrogens is 482 g/mol. The molecule has 1 saturated heterocycles. The van der Waals surface area contributed by atoms with E-state index in [0.29, 0.717) is 30.6 Å². The molecule has 1 aliphatic heterocycles. The number of pyridine rings is 1. The number of nitriles is 1. The van der Waals surface area contributed by atoms with Gasteiger partial charge in [0.25, 0.3) is 5.56 Å². The van der Waals surface area contributed by atoms with Gasteiger partial charge in [0.1, 0.15) is 11.6 Å². The first-order chi connectivity index (χ1) is 16.0. The quantitative estimate of drug-likeness (QED) is 0.394. The number of anilines is 1. The van der Waals surface area contributed by atoms with E-state index >= 15 is 0 Å². The van der Waals surface area contributed by atoms with Crippen LogP contribution in [0.1, 0.15) is 35.8 Å². The SMILES string of the molecule is Cc1ccccc1-c1nnc(C2CCN(c3c(C#N)c(=O)n(C)c4ccc(Br)cc34)CC2)o1. The maximum atomic E-state index is 12.9. The zero-order valence-electron chi connectivity index (χ0n) is 18.4. The van der Waals surface area contributed by atoms with Crippen LogP contribution in [0.25, 0.3) is 22.4 Å². The molecular formula is C25H22BrN5O2. The van der Waals surface area contributed by atoms with E-state index in [0.717, 1.165) is 39.3 Å². The number of aryl methyl sites for hydroxylation is 2. The van der Waals surface area contributed by atoms with Gasteiger partial charge in [0.05, 0.1) is 11.2 Å². The number of rotatable bonds is 3. The lowest BCUT2D eigenvalue weighted by Gasteiger charge is -2.33. The predicted molar refractivity (Wildman–Crippen MR) is 130 cm³/mol. The van der Waals surface area contributed by atoms with Crippen LogP contribution >= 0.6 is 15.9 Å². The summed E-state index contributed by atoms with van der Waals surface area (Å²) in [5.41, 5.74) is 3.46. The molecule has 3 heterocycles. The third kappa shape index (κ3) is 3.72. The maximum Gasteiger partial charge on any atom is 0.270 e. The second-order valence-corrected chi connectivity index (χ2v) is 9.30. The Labute approximate surface area is 199 Å². The standard InChI is InChI=1S/C25H22BrN5O2/c1-15-5-3-4-6-18(15)24-29-28-23(33-24)16-9-11-31(12-10-16)22-19-13-17(26)7-8-21(19)30(2)25(32)20(22)14-27/h3-8,13,16H,9-12H2,1-2H3. The molecule has 4 aromatic rings. The first kappa shape index (κ1) is 21.4. The van der Waals surface area contributed by atoms with Crippen molar-refractivity contribution in [1.82, 2.24) is 14.8 Å². The largest absolute Gasteiger partial charge is 0.420 e. The summed E-state index contributed by atoms with van der Waals surface area (Å²) in [5.74, 6) is 1.33. The molecule has 0 unspecified atom stereocenters. The second kappa shape index (κ2) is 8.49. The van der Waals surface area contributed by atoms with Crippen LogP contribution in [-0.2, 0) is 7.05 Å². The van der Waals surface area contributed by atoms with Gasteiger partial charge < -0.3 is 13.9 Å². The van der Waals surface area contributed by atoms with Crippen LogP contribution in [0, 0.1) is 18.3 Å². The molecule has 1 aliphatic rings. The summed E-state index contributed by atoms with van der Waals surface area (Å²) in [7, 11) is 1.71. The van der Waals surface area contributed by atoms with Crippen LogP contribution in [0.3, 0.4) is 0 Å². The summed E-state index contributed by atoms with van der Waals surface area (Å²) in [6.07, 6.45) is 1.59. The van der Waals surface area contributed by atoms with Gasteiger partial charge >= 0.3 is 0 Å². The number of benzene rings is 2. The molecule has 166 valence electrons. The van der Waals surface area contributed by atoms with E-state index in [-0.39, 0.29) is 17.0 Å². The maximum absolute atomic E-state index is 12.9. The Kier molecular flexibility index (Phi) is 5.51. The molecule has 8 heteroatoms. The lowest BCUT2D eigenvalue weighted by Crippen LogP contribution is -2.35. The number of halogens is 1. The molecule has 0 bridgehead atoms. The topological polar surface area (TPSA) is 88.0 Å². The third-order valence-corrected chi connectivity index (χ3v) is 6.91. The van der Waals surface area contributed by atoms with Crippen molar-refractivity contribution in [2.24, 2.45) is 7.05 Å². The molecule has 0 spiro atoms. The van der Waals surface area contributed by atoms with E-state index in [1.165, 1.54) is 0 Å². The van der Waals surface area contributed by atoms with E-state index in [1.807, 2.05) is 49.4 Å². The molecule has 0 atom stereocenters. The molecule has 0 amide bonds. The second-order valence-electron chi connectivity index (χ2n) is 8.38. The highest BCUT2D eigenvalue weighted by molar-refractivity contribution is 9.10. The van der Waals surface area contributed by atoms with Crippen LogP contribution in [0.15, 0.2) is 56.1 Å². The van der Waals surface area contributed by atoms with E-state index in [9.17, 15) is 10.1 Å². The highest BCUT2D eigenvalue weighted by Gasteiger charge is 2.29. The highest BCUT2D eigenvalue weighted by atomic mass is 79.9. The van der Waals surface area contributed by atoms with Crippen molar-refractivity contribution < 1.29 is 4.42 Å². The van der Waals surface area contributed by atoms with Gasteiger partial charge in [0.15, 0.2) is 0 Å². The Hall–Kier alpha value is -3.44. The van der Waals surface area contributed by atoms with Crippen LogP contribution in [0.5, 0.6) is 0 Å². The van der Waals surface area contributed by atoms with Crippen molar-refractivity contribution in [2.75, 3.05) is 18.0 Å². The van der Waals surface area contributed by atoms with Crippen molar-refractivity contribution in [3.63, 3.8) is 0 Å². The van der Waals surface area contributed by atoms with E-state index in [2.05, 4.69) is 37.1 Å². The van der Waals surface area contributed by atoms with Crippen molar-refractivity contribution in [3.05, 3.63) is 74.3 Å². The molecule has 0 radical (unpaired) electrons. The van der Waals surface area contributed by atoms with Crippen LogP contribution in [0.4, 0.5) is 5.69 Å². The summed E-state index contributed by atoms with van der Waals surface area (Å²) in [5, 5.41) is 19.3. The van der Waals surface area contributed by atoms with E-state index < -0.39 is 0 Å². The van der Waals surface area contributed by atoms with Crippen molar-refractivity contribution in [2.45, 2.75) is 25.7 Å². The minimum Gasteiger partial charge on any atom is -0.420 e. The first-order valence-corrected chi connectivity index (χ1v) is 11.6. The predicted octanol–water partition coefficient (Wildman–Crippen LogP) is 4.92. The van der Waals surface area contributed by atoms with Gasteiger partial charge in [0, 0.05) is 41.5 Å². The normalized spacial score (nSPS) is 14.5. The summed E-state index contributed by atoms with van der Waals surface area (Å²) < 4.78 is 8.49. The number of piperidine rings is 1. The molecule has 33 heavy (non-hydrogen) atoms. The third-order valence-electron chi connectivity index (χ3n) is 6.42. The van der Waals surface area contributed by atoms with Gasteiger partial charge in [-0.25, -0.2) is 0 Å². The smallest absolute Gasteiger partial charge is 0.270 e. The fraction of sp³-hybridized carbons (Fsp3) is 0.280. The lowest BCUT2D eigenvalue weighted by molar-refractivity contribution is 0.398. The molecule has 1 fully saturated rings. The molecule has 5 rings (SSSR count). The van der Waals surface area contributed by atoms with Gasteiger partial charge in [-0.3, -0.25) is 4.79 Å². The zero-order chi connectivity index (χ0) is 23.1. The summed E-state index contributed by atoms with van der Waals surface area (Å²) in [6, 6.07) is 15.9. The van der Waals surface area contributed by atoms with E-state index in [1.54, 1.807) is 11.6 Å². The number of hydrogen-bond acceptors (Lipinski definition) is 6. The monoisotopic (exact) mass is 503 g/mol. The summed E-state index contributed by atoms with van der Waals surface area (Å²) in [6.45, 7) is 3.41. The van der Waals surface area contributed by atoms with Gasteiger partial charge in [-0.15, -0.1) is 10.2 Å². The number of aromatic nitrogens is 3. The Bertz CT molecular complexity index is 1460. The number of hydrogen-bond donors (Lipinski definition) is 0. The highest BCUT2D eigenvalue weighted by Crippen LogP contribution is 2.36. The number of fused-ring (bicyclic) bond motifs is 1. The van der Waals surface area contributed by atoms with Crippen molar-refractivity contribution >= 4 is 32.5 Å². The van der Waals surface area contributed by atoms with Crippen LogP contribution in [-0.4, -0.2) is 27.9 Å². The van der Waals surface area contributed by atoms with Crippen molar-refractivity contribution in [3.8, 4) is 17.5 Å². The lowest BCUT2D eigenvalue weighted by atomic mass is 9.95. The number of nitrogens with zero attached hydrogens (tertiary/aromatic N) is 5. The molecule has 0 N–H and O–H groups in total. The fourth-order valence-corrected chi connectivity index (χ4v) is 4.97. The Balaban J connectivity index is 1.44. The Morgan fingerprint density at radius 3 is 2.64 bits per heavy atom. The van der Waals surface area contributed by atoms with Crippen molar-refractivity contribution in [1.29, 1.82) is 5.26 Å². The summed E-state index contributed by atoms with van der Waals surface area (Å²) >= 11 is 3.53. The molecule has 0 saturated carbocycles. The fourth-order valence-electron chi connectivity index (χ4n) is 4.60. The average molecular weight is 504 g/mol. The molecule has 2 aromatic carbocycles. The average Bonchev–Trinajstić information content (AvgIpc) is 3.31. The van der Waals surface area contributed by atoms with Gasteiger partial charge in [-0.2, -0.15) is 5.26 Å². The molecule has 0 aliphatic carbocycles. The van der Waals surface area contributed by atoms with Gasteiger partial charge in [-0.05, 0) is 49.6 Å².